The maximum absolute atomic E-state index is 13.6. The topological polar surface area (TPSA) is 185 Å². The summed E-state index contributed by atoms with van der Waals surface area (Å²) in [5.41, 5.74) is 2.11. The summed E-state index contributed by atoms with van der Waals surface area (Å²) >= 11 is 0. The number of rotatable bonds is 14. The summed E-state index contributed by atoms with van der Waals surface area (Å²) < 4.78 is 38.3. The first kappa shape index (κ1) is 31.9. The molecule has 13 heteroatoms. The summed E-state index contributed by atoms with van der Waals surface area (Å²) in [5.74, 6) is -1.81. The van der Waals surface area contributed by atoms with Crippen molar-refractivity contribution in [2.24, 2.45) is 5.14 Å². The zero-order valence-corrected chi connectivity index (χ0v) is 23.6. The number of benzene rings is 2. The number of carboxylic acids is 1. The van der Waals surface area contributed by atoms with Crippen LogP contribution in [0.3, 0.4) is 0 Å². The highest BCUT2D eigenvalue weighted by Crippen LogP contribution is 2.29. The van der Waals surface area contributed by atoms with Crippen LogP contribution in [-0.2, 0) is 27.8 Å². The van der Waals surface area contributed by atoms with Crippen LogP contribution in [0, 0.1) is 5.82 Å². The summed E-state index contributed by atoms with van der Waals surface area (Å²) in [6.07, 6.45) is -2.26. The van der Waals surface area contributed by atoms with Gasteiger partial charge in [0.25, 0.3) is 5.91 Å². The number of nitrogens with zero attached hydrogens (tertiary/aromatic N) is 2. The lowest BCUT2D eigenvalue weighted by Gasteiger charge is -2.19. The lowest BCUT2D eigenvalue weighted by Crippen LogP contribution is -2.27. The molecule has 0 radical (unpaired) electrons. The van der Waals surface area contributed by atoms with Gasteiger partial charge in [-0.25, -0.2) is 22.9 Å². The van der Waals surface area contributed by atoms with Crippen molar-refractivity contribution < 1.29 is 37.7 Å². The Bertz CT molecular complexity index is 1460. The molecule has 1 amide bonds. The molecule has 0 saturated heterocycles. The summed E-state index contributed by atoms with van der Waals surface area (Å²) in [7, 11) is -3.80. The number of hydrogen-bond donors (Lipinski definition) is 5. The van der Waals surface area contributed by atoms with Gasteiger partial charge >= 0.3 is 5.97 Å². The second-order valence-electron chi connectivity index (χ2n) is 10.1. The van der Waals surface area contributed by atoms with Crippen molar-refractivity contribution in [2.45, 2.75) is 69.1 Å². The van der Waals surface area contributed by atoms with Gasteiger partial charge in [0.2, 0.25) is 10.0 Å². The lowest BCUT2D eigenvalue weighted by molar-refractivity contribution is -0.139. The van der Waals surface area contributed by atoms with Gasteiger partial charge in [0, 0.05) is 18.7 Å². The molecule has 11 nitrogen and oxygen atoms in total. The van der Waals surface area contributed by atoms with Gasteiger partial charge in [-0.3, -0.25) is 9.59 Å². The number of carbonyl (C=O) groups is 2. The molecular weight excluding hydrogens is 555 g/mol. The van der Waals surface area contributed by atoms with Gasteiger partial charge in [0.05, 0.1) is 29.2 Å². The van der Waals surface area contributed by atoms with Crippen LogP contribution in [0.2, 0.25) is 0 Å². The maximum Gasteiger partial charge on any atom is 0.305 e. The Hall–Kier alpha value is -3.65. The Labute approximate surface area is 237 Å². The average molecular weight is 591 g/mol. The molecule has 2 atom stereocenters. The molecule has 6 N–H and O–H groups in total. The third-order valence-electron chi connectivity index (χ3n) is 6.46. The third kappa shape index (κ3) is 8.92. The quantitative estimate of drug-likeness (QED) is 0.189. The van der Waals surface area contributed by atoms with E-state index in [0.717, 1.165) is 5.56 Å². The minimum absolute atomic E-state index is 0.00719. The van der Waals surface area contributed by atoms with E-state index in [1.807, 2.05) is 13.8 Å². The van der Waals surface area contributed by atoms with Crippen LogP contribution in [0.5, 0.6) is 0 Å². The molecule has 0 unspecified atom stereocenters. The fourth-order valence-electron chi connectivity index (χ4n) is 4.51. The monoisotopic (exact) mass is 590 g/mol. The highest BCUT2D eigenvalue weighted by Gasteiger charge is 2.26. The van der Waals surface area contributed by atoms with E-state index in [-0.39, 0.29) is 42.4 Å². The summed E-state index contributed by atoms with van der Waals surface area (Å²) in [4.78, 5) is 28.8. The molecule has 0 spiro atoms. The van der Waals surface area contributed by atoms with E-state index in [9.17, 15) is 32.6 Å². The van der Waals surface area contributed by atoms with Gasteiger partial charge < -0.3 is 25.2 Å². The van der Waals surface area contributed by atoms with Crippen LogP contribution in [0.15, 0.2) is 53.4 Å². The SMILES string of the molecule is CC(C)c1c(C(=O)NCCc2ccc(S(N)(=O)=O)cc2)nc(-c2ccc(F)cc2)n1CC[C@@H](O)C[C@@H](O)CC(=O)O. The minimum Gasteiger partial charge on any atom is -0.481 e. The Morgan fingerprint density at radius 1 is 1.05 bits per heavy atom. The zero-order chi connectivity index (χ0) is 30.3. The van der Waals surface area contributed by atoms with Crippen LogP contribution in [-0.4, -0.2) is 63.9 Å². The predicted molar refractivity (Wildman–Crippen MR) is 149 cm³/mol. The molecule has 0 aliphatic heterocycles. The van der Waals surface area contributed by atoms with Gasteiger partial charge in [0.1, 0.15) is 17.3 Å². The van der Waals surface area contributed by atoms with Gasteiger partial charge in [-0.2, -0.15) is 0 Å². The van der Waals surface area contributed by atoms with Gasteiger partial charge in [0.15, 0.2) is 0 Å². The molecule has 1 aromatic heterocycles. The molecule has 3 rings (SSSR count). The molecule has 0 aliphatic rings. The van der Waals surface area contributed by atoms with Crippen molar-refractivity contribution in [3.8, 4) is 11.4 Å². The highest BCUT2D eigenvalue weighted by atomic mass is 32.2. The number of sulfonamides is 1. The normalized spacial score (nSPS) is 13.2. The first-order valence-electron chi connectivity index (χ1n) is 13.1. The summed E-state index contributed by atoms with van der Waals surface area (Å²) in [6.45, 7) is 4.22. The molecule has 3 aromatic rings. The molecule has 0 aliphatic carbocycles. The lowest BCUT2D eigenvalue weighted by atomic mass is 10.0. The van der Waals surface area contributed by atoms with Gasteiger partial charge in [-0.15, -0.1) is 0 Å². The van der Waals surface area contributed by atoms with Crippen molar-refractivity contribution in [1.29, 1.82) is 0 Å². The fraction of sp³-hybridized carbons (Fsp3) is 0.393. The fourth-order valence-corrected chi connectivity index (χ4v) is 5.02. The Morgan fingerprint density at radius 3 is 2.24 bits per heavy atom. The number of aliphatic hydroxyl groups excluding tert-OH is 2. The van der Waals surface area contributed by atoms with Crippen molar-refractivity contribution in [1.82, 2.24) is 14.9 Å². The first-order valence-corrected chi connectivity index (χ1v) is 14.6. The first-order chi connectivity index (χ1) is 19.3. The Morgan fingerprint density at radius 2 is 1.68 bits per heavy atom. The molecule has 0 bridgehead atoms. The number of hydrogen-bond acceptors (Lipinski definition) is 7. The van der Waals surface area contributed by atoms with E-state index in [4.69, 9.17) is 10.2 Å². The van der Waals surface area contributed by atoms with Crippen LogP contribution >= 0.6 is 0 Å². The van der Waals surface area contributed by atoms with Crippen LogP contribution in [0.4, 0.5) is 4.39 Å². The van der Waals surface area contributed by atoms with Crippen molar-refractivity contribution in [2.75, 3.05) is 6.54 Å². The number of nitrogens with two attached hydrogens (primary N) is 1. The number of nitrogens with one attached hydrogen (secondary N) is 1. The molecule has 0 saturated carbocycles. The molecule has 2 aromatic carbocycles. The second kappa shape index (κ2) is 13.8. The number of aliphatic hydroxyl groups is 2. The van der Waals surface area contributed by atoms with E-state index < -0.39 is 46.3 Å². The average Bonchev–Trinajstić information content (AvgIpc) is 3.27. The van der Waals surface area contributed by atoms with Crippen molar-refractivity contribution in [3.05, 3.63) is 71.3 Å². The van der Waals surface area contributed by atoms with E-state index in [2.05, 4.69) is 10.3 Å². The molecule has 222 valence electrons. The van der Waals surface area contributed by atoms with E-state index in [0.29, 0.717) is 23.5 Å². The predicted octanol–water partition coefficient (Wildman–Crippen LogP) is 2.41. The number of carbonyl (C=O) groups excluding carboxylic acids is 1. The largest absolute Gasteiger partial charge is 0.481 e. The summed E-state index contributed by atoms with van der Waals surface area (Å²) in [6, 6.07) is 11.7. The maximum atomic E-state index is 13.6. The van der Waals surface area contributed by atoms with Gasteiger partial charge in [-0.05, 0) is 67.1 Å². The van der Waals surface area contributed by atoms with E-state index >= 15 is 0 Å². The number of aliphatic carboxylic acids is 1. The standard InChI is InChI=1S/C28H35FN4O7S/c1-17(2)26-25(28(38)31-13-11-18-3-9-23(10-4-18)41(30,39)40)32-27(19-5-7-20(29)8-6-19)33(26)14-12-21(34)15-22(35)16-24(36)37/h3-10,17,21-22,34-35H,11-16H2,1-2H3,(H,31,38)(H,36,37)(H2,30,39,40)/t21-,22-/m1/s1. The zero-order valence-electron chi connectivity index (χ0n) is 22.8. The third-order valence-corrected chi connectivity index (χ3v) is 7.39. The van der Waals surface area contributed by atoms with E-state index in [1.54, 1.807) is 16.7 Å². The number of imidazole rings is 1. The van der Waals surface area contributed by atoms with Crippen molar-refractivity contribution >= 4 is 21.9 Å². The summed E-state index contributed by atoms with van der Waals surface area (Å²) in [5, 5.41) is 37.2. The Balaban J connectivity index is 1.83. The molecule has 41 heavy (non-hydrogen) atoms. The highest BCUT2D eigenvalue weighted by molar-refractivity contribution is 7.89. The second-order valence-corrected chi connectivity index (χ2v) is 11.7. The molecular formula is C28H35FN4O7S. The molecule has 0 fully saturated rings. The van der Waals surface area contributed by atoms with Crippen LogP contribution in [0.1, 0.15) is 60.8 Å². The van der Waals surface area contributed by atoms with E-state index in [1.165, 1.54) is 36.4 Å². The number of primary sulfonamides is 1. The molecule has 1 heterocycles. The van der Waals surface area contributed by atoms with Crippen molar-refractivity contribution in [3.63, 3.8) is 0 Å². The smallest absolute Gasteiger partial charge is 0.305 e. The van der Waals surface area contributed by atoms with Crippen LogP contribution < -0.4 is 10.5 Å². The van der Waals surface area contributed by atoms with Crippen LogP contribution in [0.25, 0.3) is 11.4 Å². The minimum atomic E-state index is -3.80. The van der Waals surface area contributed by atoms with Gasteiger partial charge in [-0.1, -0.05) is 26.0 Å². The number of halogens is 1. The number of amides is 1. The number of carboxylic acid groups (broad SMARTS) is 1. The number of aromatic nitrogens is 2. The Kier molecular flexibility index (Phi) is 10.7.